The molecule has 0 aromatic heterocycles. The van der Waals surface area contributed by atoms with Gasteiger partial charge in [0.15, 0.2) is 0 Å². The Labute approximate surface area is 139 Å². The second kappa shape index (κ2) is 5.58. The van der Waals surface area contributed by atoms with Gasteiger partial charge in [0.1, 0.15) is 6.10 Å². The van der Waals surface area contributed by atoms with Gasteiger partial charge in [0.2, 0.25) is 0 Å². The van der Waals surface area contributed by atoms with E-state index in [0.717, 1.165) is 22.3 Å². The molecule has 0 amide bonds. The summed E-state index contributed by atoms with van der Waals surface area (Å²) >= 11 is 0. The highest BCUT2D eigenvalue weighted by Gasteiger charge is 2.35. The van der Waals surface area contributed by atoms with Crippen LogP contribution in [0.25, 0.3) is 11.1 Å². The van der Waals surface area contributed by atoms with Gasteiger partial charge in [-0.05, 0) is 39.9 Å². The van der Waals surface area contributed by atoms with Gasteiger partial charge in [-0.2, -0.15) is 0 Å². The Morgan fingerprint density at radius 3 is 1.79 bits per heavy atom. The van der Waals surface area contributed by atoms with Crippen LogP contribution in [0.3, 0.4) is 0 Å². The first-order chi connectivity index (χ1) is 11.7. The second-order valence-corrected chi connectivity index (χ2v) is 5.92. The van der Waals surface area contributed by atoms with Gasteiger partial charge in [-0.15, -0.1) is 0 Å². The van der Waals surface area contributed by atoms with E-state index in [0.29, 0.717) is 5.56 Å². The summed E-state index contributed by atoms with van der Waals surface area (Å²) in [5.41, 5.74) is 4.81. The number of benzene rings is 3. The van der Waals surface area contributed by atoms with Gasteiger partial charge in [-0.1, -0.05) is 48.5 Å². The topological polar surface area (TPSA) is 63.0 Å². The molecule has 24 heavy (non-hydrogen) atoms. The lowest BCUT2D eigenvalue weighted by Gasteiger charge is -2.19. The number of hydrogen-bond acceptors (Lipinski definition) is 2. The molecule has 4 heteroatoms. The molecule has 0 heterocycles. The summed E-state index contributed by atoms with van der Waals surface area (Å²) in [4.78, 5) is 10.3. The lowest BCUT2D eigenvalue weighted by Crippen LogP contribution is -2.09. The van der Waals surface area contributed by atoms with Crippen molar-refractivity contribution < 1.29 is 10.0 Å². The van der Waals surface area contributed by atoms with Crippen molar-refractivity contribution in [3.8, 4) is 11.1 Å². The molecular weight excluding hydrogens is 302 g/mol. The van der Waals surface area contributed by atoms with Crippen molar-refractivity contribution in [1.82, 2.24) is 0 Å². The summed E-state index contributed by atoms with van der Waals surface area (Å²) in [5.74, 6) is -0.279. The van der Waals surface area contributed by atoms with Crippen molar-refractivity contribution in [3.63, 3.8) is 0 Å². The fourth-order valence-corrected chi connectivity index (χ4v) is 3.50. The summed E-state index contributed by atoms with van der Waals surface area (Å²) in [5, 5.41) is 24.0. The van der Waals surface area contributed by atoms with Crippen LogP contribution >= 0.6 is 0 Å². The molecule has 117 valence electrons. The molecule has 1 aliphatic rings. The zero-order valence-electron chi connectivity index (χ0n) is 12.8. The number of nitro benzene ring substituents is 1. The summed E-state index contributed by atoms with van der Waals surface area (Å²) in [7, 11) is 0. The maximum atomic E-state index is 13.2. The third-order valence-electron chi connectivity index (χ3n) is 4.62. The predicted octanol–water partition coefficient (Wildman–Crippen LogP) is 4.88. The number of rotatable bonds is 3. The quantitative estimate of drug-likeness (QED) is 0.510. The van der Waals surface area contributed by atoms with Crippen molar-refractivity contribution in [2.45, 2.75) is 12.0 Å². The maximum Gasteiger partial charge on any atom is 0.269 e. The van der Waals surface area contributed by atoms with Gasteiger partial charge < -0.3 is 0 Å². The zero-order chi connectivity index (χ0) is 16.7. The molecule has 0 bridgehead atoms. The van der Waals surface area contributed by atoms with E-state index >= 15 is 0 Å². The number of non-ortho nitro benzene ring substituents is 1. The zero-order valence-corrected chi connectivity index (χ0v) is 12.8. The monoisotopic (exact) mass is 316 g/mol. The first-order valence-corrected chi connectivity index (χ1v) is 7.75. The SMILES string of the molecule is [O]C(c1ccc([N+](=O)[O-])cc1)C1c2ccccc2-c2ccccc21. The van der Waals surface area contributed by atoms with Crippen LogP contribution < -0.4 is 0 Å². The van der Waals surface area contributed by atoms with E-state index in [-0.39, 0.29) is 11.6 Å². The molecule has 1 atom stereocenters. The average Bonchev–Trinajstić information content (AvgIpc) is 2.96. The van der Waals surface area contributed by atoms with Crippen LogP contribution in [0.2, 0.25) is 0 Å². The summed E-state index contributed by atoms with van der Waals surface area (Å²) in [6, 6.07) is 21.8. The lowest BCUT2D eigenvalue weighted by molar-refractivity contribution is -0.384. The normalized spacial score (nSPS) is 14.0. The minimum atomic E-state index is -1.00. The first kappa shape index (κ1) is 14.6. The van der Waals surface area contributed by atoms with E-state index in [9.17, 15) is 15.2 Å². The van der Waals surface area contributed by atoms with Gasteiger partial charge >= 0.3 is 0 Å². The van der Waals surface area contributed by atoms with Crippen LogP contribution in [0, 0.1) is 10.1 Å². The van der Waals surface area contributed by atoms with E-state index in [2.05, 4.69) is 0 Å². The summed E-state index contributed by atoms with van der Waals surface area (Å²) < 4.78 is 0. The van der Waals surface area contributed by atoms with Crippen LogP contribution in [-0.4, -0.2) is 4.92 Å². The predicted molar refractivity (Wildman–Crippen MR) is 90.2 cm³/mol. The van der Waals surface area contributed by atoms with Crippen LogP contribution in [-0.2, 0) is 5.11 Å². The van der Waals surface area contributed by atoms with Crippen molar-refractivity contribution in [1.29, 1.82) is 0 Å². The van der Waals surface area contributed by atoms with Gasteiger partial charge in [0.05, 0.1) is 4.92 Å². The standard InChI is InChI=1S/C20H14NO3/c22-20(13-9-11-14(12-10-13)21(23)24)19-17-7-3-1-5-15(17)16-6-2-4-8-18(16)19/h1-12,19-20H. The molecule has 0 spiro atoms. The fourth-order valence-electron chi connectivity index (χ4n) is 3.50. The highest BCUT2D eigenvalue weighted by atomic mass is 16.6. The molecule has 1 unspecified atom stereocenters. The molecule has 0 saturated carbocycles. The van der Waals surface area contributed by atoms with Crippen molar-refractivity contribution in [3.05, 3.63) is 99.6 Å². The summed E-state index contributed by atoms with van der Waals surface area (Å²) in [6.45, 7) is 0. The molecule has 0 N–H and O–H groups in total. The van der Waals surface area contributed by atoms with E-state index in [1.165, 1.54) is 12.1 Å². The Hall–Kier alpha value is -2.98. The Bertz CT molecular complexity index is 873. The van der Waals surface area contributed by atoms with Gasteiger partial charge in [0, 0.05) is 18.1 Å². The lowest BCUT2D eigenvalue weighted by atomic mass is 9.87. The number of nitrogens with zero attached hydrogens (tertiary/aromatic N) is 1. The average molecular weight is 316 g/mol. The molecule has 4 rings (SSSR count). The van der Waals surface area contributed by atoms with Gasteiger partial charge in [-0.3, -0.25) is 10.1 Å². The third kappa shape index (κ3) is 2.20. The highest BCUT2D eigenvalue weighted by molar-refractivity contribution is 5.79. The maximum absolute atomic E-state index is 13.2. The molecule has 3 aromatic rings. The van der Waals surface area contributed by atoms with Crippen molar-refractivity contribution in [2.75, 3.05) is 0 Å². The van der Waals surface area contributed by atoms with E-state index in [1.54, 1.807) is 12.1 Å². The number of hydrogen-bond donors (Lipinski definition) is 0. The molecule has 1 radical (unpaired) electrons. The molecule has 1 aliphatic carbocycles. The Kier molecular flexibility index (Phi) is 3.40. The minimum Gasteiger partial charge on any atom is -0.258 e. The number of fused-ring (bicyclic) bond motifs is 3. The summed E-state index contributed by atoms with van der Waals surface area (Å²) in [6.07, 6.45) is -1.00. The van der Waals surface area contributed by atoms with Crippen molar-refractivity contribution >= 4 is 5.69 Å². The van der Waals surface area contributed by atoms with Gasteiger partial charge in [0.25, 0.3) is 5.69 Å². The Morgan fingerprint density at radius 1 is 0.792 bits per heavy atom. The van der Waals surface area contributed by atoms with E-state index < -0.39 is 11.0 Å². The van der Waals surface area contributed by atoms with Crippen LogP contribution in [0.1, 0.15) is 28.7 Å². The van der Waals surface area contributed by atoms with E-state index in [1.807, 2.05) is 48.5 Å². The second-order valence-electron chi connectivity index (χ2n) is 5.92. The van der Waals surface area contributed by atoms with Crippen LogP contribution in [0.4, 0.5) is 5.69 Å². The van der Waals surface area contributed by atoms with Crippen LogP contribution in [0.5, 0.6) is 0 Å². The molecule has 0 fully saturated rings. The molecule has 4 nitrogen and oxygen atoms in total. The third-order valence-corrected chi connectivity index (χ3v) is 4.62. The van der Waals surface area contributed by atoms with Crippen LogP contribution in [0.15, 0.2) is 72.8 Å². The molecular formula is C20H14NO3. The molecule has 3 aromatic carbocycles. The molecule has 0 saturated heterocycles. The Morgan fingerprint density at radius 2 is 1.29 bits per heavy atom. The first-order valence-electron chi connectivity index (χ1n) is 7.75. The molecule has 0 aliphatic heterocycles. The van der Waals surface area contributed by atoms with E-state index in [4.69, 9.17) is 0 Å². The fraction of sp³-hybridized carbons (Fsp3) is 0.100. The minimum absolute atomic E-state index is 0.00169. The van der Waals surface area contributed by atoms with Gasteiger partial charge in [-0.25, -0.2) is 5.11 Å². The smallest absolute Gasteiger partial charge is 0.258 e. The van der Waals surface area contributed by atoms with Crippen molar-refractivity contribution in [2.24, 2.45) is 0 Å². The largest absolute Gasteiger partial charge is 0.269 e. The highest BCUT2D eigenvalue weighted by Crippen LogP contribution is 2.50. The number of nitro groups is 1. The Balaban J connectivity index is 1.79.